The van der Waals surface area contributed by atoms with Gasteiger partial charge in [0, 0.05) is 28.5 Å². The van der Waals surface area contributed by atoms with Crippen molar-refractivity contribution in [1.29, 1.82) is 0 Å². The molecular weight excluding hydrogens is 591 g/mol. The van der Waals surface area contributed by atoms with Crippen LogP contribution in [-0.2, 0) is 25.8 Å². The summed E-state index contributed by atoms with van der Waals surface area (Å²) in [4.78, 5) is 49.0. The first kappa shape index (κ1) is 28.8. The van der Waals surface area contributed by atoms with Gasteiger partial charge < -0.3 is 26.7 Å². The van der Waals surface area contributed by atoms with Crippen LogP contribution in [0.4, 0.5) is 5.13 Å². The number of nitrogens with one attached hydrogen (secondary N) is 1. The summed E-state index contributed by atoms with van der Waals surface area (Å²) in [6, 6.07) is 2.91. The van der Waals surface area contributed by atoms with Crippen molar-refractivity contribution in [3.63, 3.8) is 0 Å². The number of hydrogen-bond donors (Lipinski definition) is 4. The highest BCUT2D eigenvalue weighted by atomic mass is 32.2. The Labute approximate surface area is 246 Å². The fraction of sp³-hybridized carbons (Fsp3) is 0.375. The number of carbonyl (C=O) groups excluding carboxylic acids is 2. The summed E-state index contributed by atoms with van der Waals surface area (Å²) >= 11 is 4.14. The van der Waals surface area contributed by atoms with Gasteiger partial charge in [0.1, 0.15) is 47.2 Å². The Morgan fingerprint density at radius 3 is 2.93 bits per heavy atom. The van der Waals surface area contributed by atoms with Gasteiger partial charge in [0.2, 0.25) is 0 Å². The number of amides is 2. The van der Waals surface area contributed by atoms with Crippen LogP contribution < -0.4 is 21.4 Å². The molecule has 2 aliphatic rings. The van der Waals surface area contributed by atoms with E-state index in [4.69, 9.17) is 16.3 Å². The van der Waals surface area contributed by atoms with Crippen molar-refractivity contribution in [2.75, 3.05) is 30.4 Å². The molecule has 5 rings (SSSR count). The number of hydrogen-bond acceptors (Lipinski definition) is 12. The molecule has 0 radical (unpaired) electrons. The standard InChI is InChI=1S/C24H27N9O5S3/c1-2-38-30-17(14-12-41-24(26)27-14)20(34)28-18-21(35)33-19(23(36)37)13(11-40-22(18)33)10-31-7-8-32-16(31)5-4-15(29-32)39-9-3-6-25/h4-5,7-8,12,18,22H,2-3,6,9-11,25H2,1H3,(H3-,26,27,28,34,36,37)/p+1/b30-17-/t18-,22-/m1/s1. The van der Waals surface area contributed by atoms with Gasteiger partial charge in [0.25, 0.3) is 11.8 Å². The molecule has 6 N–H and O–H groups in total. The summed E-state index contributed by atoms with van der Waals surface area (Å²) in [5.74, 6) is -1.17. The molecule has 2 amide bonds. The number of carboxylic acid groups (broad SMARTS) is 1. The Balaban J connectivity index is 1.33. The van der Waals surface area contributed by atoms with Crippen LogP contribution >= 0.6 is 34.9 Å². The quantitative estimate of drug-likeness (QED) is 0.0544. The lowest BCUT2D eigenvalue weighted by Crippen LogP contribution is -2.71. The predicted octanol–water partition coefficient (Wildman–Crippen LogP) is 0.281. The molecular formula is C24H28N9O5S3+. The lowest BCUT2D eigenvalue weighted by molar-refractivity contribution is -0.662. The van der Waals surface area contributed by atoms with E-state index in [1.165, 1.54) is 16.7 Å². The first-order valence-electron chi connectivity index (χ1n) is 12.6. The molecule has 17 heteroatoms. The molecule has 3 aromatic heterocycles. The molecule has 41 heavy (non-hydrogen) atoms. The Bertz CT molecular complexity index is 1550. The average molecular weight is 619 g/mol. The third-order valence-corrected chi connectivity index (χ3v) is 9.28. The molecule has 14 nitrogen and oxygen atoms in total. The van der Waals surface area contributed by atoms with Crippen molar-refractivity contribution >= 4 is 69.1 Å². The van der Waals surface area contributed by atoms with Crippen LogP contribution in [0, 0.1) is 0 Å². The number of thioether (sulfide) groups is 2. The van der Waals surface area contributed by atoms with Crippen molar-refractivity contribution in [2.24, 2.45) is 10.9 Å². The highest BCUT2D eigenvalue weighted by Crippen LogP contribution is 2.40. The number of anilines is 1. The maximum Gasteiger partial charge on any atom is 0.352 e. The van der Waals surface area contributed by atoms with Gasteiger partial charge in [-0.15, -0.1) is 39.4 Å². The third-order valence-electron chi connectivity index (χ3n) is 6.26. The van der Waals surface area contributed by atoms with E-state index in [1.807, 2.05) is 22.9 Å². The number of nitrogens with zero attached hydrogens (tertiary/aromatic N) is 6. The molecule has 5 heterocycles. The van der Waals surface area contributed by atoms with Gasteiger partial charge in [-0.05, 0) is 26.0 Å². The van der Waals surface area contributed by atoms with Gasteiger partial charge in [0.15, 0.2) is 17.0 Å². The second-order valence-electron chi connectivity index (χ2n) is 8.94. The monoisotopic (exact) mass is 618 g/mol. The van der Waals surface area contributed by atoms with E-state index in [9.17, 15) is 19.5 Å². The molecule has 0 aliphatic carbocycles. The number of oxime groups is 1. The molecule has 0 saturated carbocycles. The van der Waals surface area contributed by atoms with E-state index in [2.05, 4.69) is 20.6 Å². The largest absolute Gasteiger partial charge is 0.477 e. The number of aliphatic carboxylic acids is 1. The Morgan fingerprint density at radius 2 is 2.22 bits per heavy atom. The fourth-order valence-electron chi connectivity index (χ4n) is 4.39. The number of rotatable bonds is 12. The zero-order valence-electron chi connectivity index (χ0n) is 21.9. The summed E-state index contributed by atoms with van der Waals surface area (Å²) in [6.45, 7) is 2.82. The number of thiazole rings is 1. The van der Waals surface area contributed by atoms with Crippen LogP contribution in [0.1, 0.15) is 19.0 Å². The highest BCUT2D eigenvalue weighted by molar-refractivity contribution is 8.00. The molecule has 0 unspecified atom stereocenters. The zero-order valence-corrected chi connectivity index (χ0v) is 24.4. The summed E-state index contributed by atoms with van der Waals surface area (Å²) in [5.41, 5.74) is 12.7. The van der Waals surface area contributed by atoms with Crippen molar-refractivity contribution < 1.29 is 28.9 Å². The number of carboxylic acids is 1. The second kappa shape index (κ2) is 12.5. The fourth-order valence-corrected chi connectivity index (χ4v) is 7.10. The van der Waals surface area contributed by atoms with Crippen LogP contribution in [0.3, 0.4) is 0 Å². The number of nitrogens with two attached hydrogens (primary N) is 2. The number of β-lactam (4-membered cyclic amide) rings is 1. The van der Waals surface area contributed by atoms with Crippen LogP contribution in [0.5, 0.6) is 0 Å². The van der Waals surface area contributed by atoms with E-state index >= 15 is 0 Å². The van der Waals surface area contributed by atoms with E-state index in [1.54, 1.807) is 34.8 Å². The summed E-state index contributed by atoms with van der Waals surface area (Å²) in [5, 5.41) is 23.3. The molecule has 0 spiro atoms. The molecule has 0 aromatic carbocycles. The average Bonchev–Trinajstić information content (AvgIpc) is 3.57. The van der Waals surface area contributed by atoms with Crippen LogP contribution in [0.2, 0.25) is 0 Å². The smallest absolute Gasteiger partial charge is 0.352 e. The topological polar surface area (TPSA) is 194 Å². The van der Waals surface area contributed by atoms with E-state index in [0.29, 0.717) is 17.9 Å². The number of aromatic nitrogens is 4. The highest BCUT2D eigenvalue weighted by Gasteiger charge is 2.54. The van der Waals surface area contributed by atoms with Gasteiger partial charge in [-0.3, -0.25) is 14.5 Å². The third kappa shape index (κ3) is 5.88. The summed E-state index contributed by atoms with van der Waals surface area (Å²) < 4.78 is 3.63. The number of imidazole rings is 1. The maximum atomic E-state index is 13.2. The number of nitrogen functional groups attached to an aromatic ring is 1. The number of fused-ring (bicyclic) bond motifs is 2. The SMILES string of the molecule is CCO/N=C(\C(=O)N[C@@H]1C(=O)N2C(C(=O)O)=C(C[n+]3ccn4nc(SCCCN)ccc43)CS[C@H]12)c1csc(N)n1. The Morgan fingerprint density at radius 1 is 1.39 bits per heavy atom. The molecule has 0 bridgehead atoms. The number of carbonyl (C=O) groups is 3. The van der Waals surface area contributed by atoms with Crippen molar-refractivity contribution in [3.8, 4) is 0 Å². The minimum atomic E-state index is -1.21. The van der Waals surface area contributed by atoms with Gasteiger partial charge in [-0.25, -0.2) is 14.3 Å². The minimum Gasteiger partial charge on any atom is -0.477 e. The maximum absolute atomic E-state index is 13.2. The van der Waals surface area contributed by atoms with Gasteiger partial charge in [-0.2, -0.15) is 0 Å². The van der Waals surface area contributed by atoms with E-state index in [0.717, 1.165) is 34.2 Å². The molecule has 3 aromatic rings. The van der Waals surface area contributed by atoms with E-state index in [-0.39, 0.29) is 35.4 Å². The van der Waals surface area contributed by atoms with Crippen molar-refractivity contribution in [2.45, 2.75) is 36.3 Å². The summed E-state index contributed by atoms with van der Waals surface area (Å²) in [7, 11) is 0. The summed E-state index contributed by atoms with van der Waals surface area (Å²) in [6.07, 6.45) is 4.52. The van der Waals surface area contributed by atoms with Gasteiger partial charge >= 0.3 is 11.6 Å². The molecule has 2 aliphatic heterocycles. The first-order chi connectivity index (χ1) is 19.8. The van der Waals surface area contributed by atoms with Crippen LogP contribution in [-0.4, -0.2) is 84.2 Å². The molecule has 2 atom stereocenters. The molecule has 216 valence electrons. The van der Waals surface area contributed by atoms with Gasteiger partial charge in [0.05, 0.1) is 0 Å². The second-order valence-corrected chi connectivity index (χ2v) is 12.0. The van der Waals surface area contributed by atoms with Crippen LogP contribution in [0.15, 0.2) is 51.4 Å². The zero-order chi connectivity index (χ0) is 29.1. The van der Waals surface area contributed by atoms with Crippen LogP contribution in [0.25, 0.3) is 5.65 Å². The Hall–Kier alpha value is -3.67. The van der Waals surface area contributed by atoms with E-state index < -0.39 is 29.2 Å². The Kier molecular flexibility index (Phi) is 8.77. The lowest BCUT2D eigenvalue weighted by Gasteiger charge is -2.49. The van der Waals surface area contributed by atoms with Crippen molar-refractivity contribution in [3.05, 3.63) is 46.9 Å². The molecule has 1 saturated heterocycles. The normalized spacial score (nSPS) is 18.8. The minimum absolute atomic E-state index is 0.0755. The first-order valence-corrected chi connectivity index (χ1v) is 15.6. The predicted molar refractivity (Wildman–Crippen MR) is 154 cm³/mol. The lowest BCUT2D eigenvalue weighted by atomic mass is 10.0. The van der Waals surface area contributed by atoms with Crippen molar-refractivity contribution in [1.82, 2.24) is 24.8 Å². The molecule has 1 fully saturated rings. The van der Waals surface area contributed by atoms with Gasteiger partial charge in [-0.1, -0.05) is 10.3 Å².